The van der Waals surface area contributed by atoms with Gasteiger partial charge in [-0.1, -0.05) is 6.07 Å². The fourth-order valence-corrected chi connectivity index (χ4v) is 2.65. The minimum absolute atomic E-state index is 0.0343. The molecule has 7 nitrogen and oxygen atoms in total. The van der Waals surface area contributed by atoms with Crippen LogP contribution in [0.15, 0.2) is 24.3 Å². The second-order valence-electron chi connectivity index (χ2n) is 5.63. The van der Waals surface area contributed by atoms with Crippen LogP contribution in [0.5, 0.6) is 5.75 Å². The quantitative estimate of drug-likeness (QED) is 0.738. The number of likely N-dealkylation sites (tertiary alicyclic amines) is 1. The van der Waals surface area contributed by atoms with E-state index in [1.54, 1.807) is 6.07 Å². The van der Waals surface area contributed by atoms with E-state index >= 15 is 0 Å². The van der Waals surface area contributed by atoms with Crippen molar-refractivity contribution in [3.63, 3.8) is 0 Å². The van der Waals surface area contributed by atoms with Gasteiger partial charge >= 0.3 is 0 Å². The highest BCUT2D eigenvalue weighted by molar-refractivity contribution is 7.88. The summed E-state index contributed by atoms with van der Waals surface area (Å²) < 4.78 is 42.5. The third kappa shape index (κ3) is 5.45. The number of rotatable bonds is 6. The molecule has 0 aromatic heterocycles. The molecule has 1 heterocycles. The predicted octanol–water partition coefficient (Wildman–Crippen LogP) is -0.283. The predicted molar refractivity (Wildman–Crippen MR) is 80.9 cm³/mol. The first-order chi connectivity index (χ1) is 10.7. The number of aliphatic hydroxyl groups is 1. The highest BCUT2D eigenvalue weighted by Gasteiger charge is 2.39. The summed E-state index contributed by atoms with van der Waals surface area (Å²) in [6.07, 6.45) is 1.26. The Morgan fingerprint density at radius 2 is 2.26 bits per heavy atom. The molecular formula is C14H19FN2O5S. The van der Waals surface area contributed by atoms with E-state index in [4.69, 9.17) is 4.74 Å². The maximum absolute atomic E-state index is 13.1. The lowest BCUT2D eigenvalue weighted by atomic mass is 10.1. The summed E-state index contributed by atoms with van der Waals surface area (Å²) in [6, 6.07) is 5.56. The van der Waals surface area contributed by atoms with Crippen molar-refractivity contribution in [2.75, 3.05) is 32.5 Å². The molecule has 1 aliphatic heterocycles. The lowest BCUT2D eigenvalue weighted by molar-refractivity contribution is -0.130. The van der Waals surface area contributed by atoms with E-state index in [1.165, 1.54) is 23.1 Å². The summed E-state index contributed by atoms with van der Waals surface area (Å²) in [5.74, 6) is -0.566. The number of hydrogen-bond acceptors (Lipinski definition) is 5. The average molecular weight is 346 g/mol. The Morgan fingerprint density at radius 1 is 1.52 bits per heavy atom. The van der Waals surface area contributed by atoms with Gasteiger partial charge in [0.2, 0.25) is 15.9 Å². The fourth-order valence-electron chi connectivity index (χ4n) is 2.27. The Hall–Kier alpha value is -1.71. The summed E-state index contributed by atoms with van der Waals surface area (Å²) >= 11 is 0. The maximum atomic E-state index is 13.1. The summed E-state index contributed by atoms with van der Waals surface area (Å²) in [4.78, 5) is 13.3. The topological polar surface area (TPSA) is 95.9 Å². The lowest BCUT2D eigenvalue weighted by Gasteiger charge is -2.23. The minimum atomic E-state index is -3.45. The van der Waals surface area contributed by atoms with E-state index in [-0.39, 0.29) is 19.7 Å². The van der Waals surface area contributed by atoms with Crippen LogP contribution in [0.3, 0.4) is 0 Å². The largest absolute Gasteiger partial charge is 0.490 e. The Morgan fingerprint density at radius 3 is 2.91 bits per heavy atom. The molecule has 0 spiro atoms. The first kappa shape index (κ1) is 17.6. The Kier molecular flexibility index (Phi) is 5.23. The molecule has 1 amide bonds. The molecule has 0 aliphatic carbocycles. The van der Waals surface area contributed by atoms with Gasteiger partial charge in [-0.25, -0.2) is 17.5 Å². The summed E-state index contributed by atoms with van der Waals surface area (Å²) in [7, 11) is -3.45. The second kappa shape index (κ2) is 6.81. The van der Waals surface area contributed by atoms with Crippen LogP contribution >= 0.6 is 0 Å². The molecular weight excluding hydrogens is 327 g/mol. The number of sulfonamides is 1. The van der Waals surface area contributed by atoms with E-state index in [0.29, 0.717) is 18.7 Å². The molecule has 23 heavy (non-hydrogen) atoms. The van der Waals surface area contributed by atoms with Gasteiger partial charge in [-0.15, -0.1) is 0 Å². The lowest BCUT2D eigenvalue weighted by Crippen LogP contribution is -2.43. The van der Waals surface area contributed by atoms with Gasteiger partial charge in [0.25, 0.3) is 0 Å². The zero-order valence-electron chi connectivity index (χ0n) is 12.7. The van der Waals surface area contributed by atoms with Gasteiger partial charge < -0.3 is 14.7 Å². The molecule has 1 aromatic carbocycles. The number of ether oxygens (including phenoxy) is 1. The molecule has 1 atom stereocenters. The molecule has 0 bridgehead atoms. The number of β-amino-alcohol motifs (C(OH)–C–C–N with tert-alkyl or cyclic N) is 1. The SMILES string of the molecule is CS(=O)(=O)NCC(=O)N1CC[C@](O)(COc2cccc(F)c2)C1. The molecule has 1 saturated heterocycles. The van der Waals surface area contributed by atoms with Crippen LogP contribution in [0.2, 0.25) is 0 Å². The smallest absolute Gasteiger partial charge is 0.237 e. The number of carbonyl (C=O) groups is 1. The van der Waals surface area contributed by atoms with Crippen molar-refractivity contribution in [1.82, 2.24) is 9.62 Å². The second-order valence-corrected chi connectivity index (χ2v) is 7.46. The van der Waals surface area contributed by atoms with Gasteiger partial charge in [-0.3, -0.25) is 4.79 Å². The minimum Gasteiger partial charge on any atom is -0.490 e. The van der Waals surface area contributed by atoms with Crippen LogP contribution in [0.4, 0.5) is 4.39 Å². The molecule has 9 heteroatoms. The molecule has 2 N–H and O–H groups in total. The van der Waals surface area contributed by atoms with Crippen LogP contribution in [-0.2, 0) is 14.8 Å². The van der Waals surface area contributed by atoms with Gasteiger partial charge in [-0.2, -0.15) is 0 Å². The van der Waals surface area contributed by atoms with Gasteiger partial charge in [0.05, 0.1) is 19.3 Å². The number of amides is 1. The number of carbonyl (C=O) groups excluding carboxylic acids is 1. The molecule has 128 valence electrons. The van der Waals surface area contributed by atoms with Crippen LogP contribution in [-0.4, -0.2) is 62.4 Å². The highest BCUT2D eigenvalue weighted by Crippen LogP contribution is 2.23. The summed E-state index contributed by atoms with van der Waals surface area (Å²) in [6.45, 7) is -0.0979. The average Bonchev–Trinajstić information content (AvgIpc) is 2.85. The number of benzene rings is 1. The van der Waals surface area contributed by atoms with Crippen molar-refractivity contribution >= 4 is 15.9 Å². The number of halogens is 1. The van der Waals surface area contributed by atoms with Crippen LogP contribution in [0.25, 0.3) is 0 Å². The molecule has 1 fully saturated rings. The zero-order chi connectivity index (χ0) is 17.1. The third-order valence-corrected chi connectivity index (χ3v) is 4.14. The number of nitrogens with zero attached hydrogens (tertiary/aromatic N) is 1. The van der Waals surface area contributed by atoms with Crippen molar-refractivity contribution in [2.24, 2.45) is 0 Å². The van der Waals surface area contributed by atoms with E-state index < -0.39 is 27.3 Å². The third-order valence-electron chi connectivity index (χ3n) is 3.47. The Bertz CT molecular complexity index is 682. The Labute approximate surface area is 134 Å². The van der Waals surface area contributed by atoms with Crippen LogP contribution < -0.4 is 9.46 Å². The van der Waals surface area contributed by atoms with Gasteiger partial charge in [0.15, 0.2) is 0 Å². The highest BCUT2D eigenvalue weighted by atomic mass is 32.2. The van der Waals surface area contributed by atoms with E-state index in [2.05, 4.69) is 4.72 Å². The van der Waals surface area contributed by atoms with E-state index in [1.807, 2.05) is 0 Å². The van der Waals surface area contributed by atoms with Crippen molar-refractivity contribution in [3.8, 4) is 5.75 Å². The summed E-state index contributed by atoms with van der Waals surface area (Å²) in [5.41, 5.74) is -1.24. The van der Waals surface area contributed by atoms with Crippen molar-refractivity contribution < 1.29 is 27.4 Å². The van der Waals surface area contributed by atoms with Gasteiger partial charge in [0.1, 0.15) is 23.8 Å². The van der Waals surface area contributed by atoms with Crippen LogP contribution in [0.1, 0.15) is 6.42 Å². The number of hydrogen-bond donors (Lipinski definition) is 2. The molecule has 2 rings (SSSR count). The van der Waals surface area contributed by atoms with Gasteiger partial charge in [0, 0.05) is 12.6 Å². The molecule has 0 unspecified atom stereocenters. The zero-order valence-corrected chi connectivity index (χ0v) is 13.5. The van der Waals surface area contributed by atoms with E-state index in [9.17, 15) is 22.7 Å². The fraction of sp³-hybridized carbons (Fsp3) is 0.500. The van der Waals surface area contributed by atoms with Crippen molar-refractivity contribution in [2.45, 2.75) is 12.0 Å². The monoisotopic (exact) mass is 346 g/mol. The number of nitrogens with one attached hydrogen (secondary N) is 1. The normalized spacial score (nSPS) is 21.4. The Balaban J connectivity index is 1.86. The molecule has 1 aliphatic rings. The van der Waals surface area contributed by atoms with Crippen LogP contribution in [0, 0.1) is 5.82 Å². The summed E-state index contributed by atoms with van der Waals surface area (Å²) in [5, 5.41) is 10.4. The van der Waals surface area contributed by atoms with Gasteiger partial charge in [-0.05, 0) is 18.6 Å². The van der Waals surface area contributed by atoms with E-state index in [0.717, 1.165) is 6.26 Å². The maximum Gasteiger partial charge on any atom is 0.237 e. The molecule has 0 radical (unpaired) electrons. The molecule has 1 aromatic rings. The van der Waals surface area contributed by atoms with Crippen molar-refractivity contribution in [3.05, 3.63) is 30.1 Å². The van der Waals surface area contributed by atoms with Crippen molar-refractivity contribution in [1.29, 1.82) is 0 Å². The first-order valence-electron chi connectivity index (χ1n) is 7.00. The first-order valence-corrected chi connectivity index (χ1v) is 8.89. The standard InChI is InChI=1S/C14H19FN2O5S/c1-23(20,21)16-8-13(18)17-6-5-14(19,9-17)10-22-12-4-2-3-11(15)7-12/h2-4,7,16,19H,5-6,8-10H2,1H3/t14-/m1/s1. The molecule has 0 saturated carbocycles.